The van der Waals surface area contributed by atoms with E-state index in [9.17, 15) is 4.21 Å². The molecule has 1 aliphatic heterocycles. The van der Waals surface area contributed by atoms with E-state index in [1.807, 2.05) is 20.8 Å². The second-order valence-electron chi connectivity index (χ2n) is 10.6. The number of rotatable bonds is 4. The fraction of sp³-hybridized carbons (Fsp3) is 1.00. The van der Waals surface area contributed by atoms with Gasteiger partial charge in [0, 0.05) is 12.1 Å². The molecule has 25 heavy (non-hydrogen) atoms. The molecule has 6 heteroatoms. The molecule has 3 atom stereocenters. The second kappa shape index (κ2) is 7.34. The van der Waals surface area contributed by atoms with E-state index in [0.29, 0.717) is 12.1 Å². The predicted molar refractivity (Wildman–Crippen MR) is 111 cm³/mol. The van der Waals surface area contributed by atoms with Gasteiger partial charge in [0.1, 0.15) is 0 Å². The first kappa shape index (κ1) is 21.5. The summed E-state index contributed by atoms with van der Waals surface area (Å²) in [5.74, 6) is 0. The third-order valence-corrected chi connectivity index (χ3v) is 12.7. The lowest BCUT2D eigenvalue weighted by Gasteiger charge is -2.41. The van der Waals surface area contributed by atoms with E-state index in [1.54, 1.807) is 0 Å². The highest BCUT2D eigenvalue weighted by Gasteiger charge is 2.51. The van der Waals surface area contributed by atoms with Crippen molar-refractivity contribution in [2.75, 3.05) is 13.1 Å². The normalized spacial score (nSPS) is 29.1. The number of hydrogen-bond donors (Lipinski definition) is 2. The third kappa shape index (κ3) is 4.95. The largest absolute Gasteiger partial charge is 0.414 e. The van der Waals surface area contributed by atoms with Crippen molar-refractivity contribution in [3.63, 3.8) is 0 Å². The van der Waals surface area contributed by atoms with Crippen LogP contribution in [0.3, 0.4) is 0 Å². The second-order valence-corrected chi connectivity index (χ2v) is 17.4. The van der Waals surface area contributed by atoms with Gasteiger partial charge in [-0.25, -0.2) is 8.93 Å². The molecule has 2 aliphatic rings. The molecule has 2 fully saturated rings. The standard InChI is InChI=1S/C19H40N2O2SSi/c1-17(2,3)24(22)21-16-13-15(23-25(7,8)18(4,5)6)14-19(16)9-11-20-12-10-19/h15-16,20-21H,9-14H2,1-8H3/t15-,16+,24+/m0/s1. The maximum Gasteiger partial charge on any atom is 0.192 e. The molecule has 0 radical (unpaired) electrons. The van der Waals surface area contributed by atoms with Gasteiger partial charge >= 0.3 is 0 Å². The van der Waals surface area contributed by atoms with Gasteiger partial charge in [0.25, 0.3) is 0 Å². The maximum absolute atomic E-state index is 12.7. The molecule has 4 nitrogen and oxygen atoms in total. The Morgan fingerprint density at radius 1 is 1.12 bits per heavy atom. The van der Waals surface area contributed by atoms with E-state index in [0.717, 1.165) is 38.8 Å². The van der Waals surface area contributed by atoms with E-state index in [4.69, 9.17) is 4.43 Å². The van der Waals surface area contributed by atoms with Gasteiger partial charge < -0.3 is 9.74 Å². The van der Waals surface area contributed by atoms with Crippen LogP contribution in [-0.2, 0) is 15.4 Å². The van der Waals surface area contributed by atoms with E-state index in [-0.39, 0.29) is 15.2 Å². The molecule has 0 bridgehead atoms. The summed E-state index contributed by atoms with van der Waals surface area (Å²) in [6.07, 6.45) is 4.72. The van der Waals surface area contributed by atoms with Crippen LogP contribution in [-0.4, -0.2) is 42.5 Å². The van der Waals surface area contributed by atoms with Gasteiger partial charge in [-0.2, -0.15) is 0 Å². The fourth-order valence-corrected chi connectivity index (χ4v) is 6.16. The molecule has 2 rings (SSSR count). The Morgan fingerprint density at radius 2 is 1.68 bits per heavy atom. The van der Waals surface area contributed by atoms with Crippen LogP contribution in [0.25, 0.3) is 0 Å². The molecule has 0 aromatic heterocycles. The number of piperidine rings is 1. The molecule has 1 saturated carbocycles. The maximum atomic E-state index is 12.7. The number of hydrogen-bond acceptors (Lipinski definition) is 3. The van der Waals surface area contributed by atoms with Crippen LogP contribution in [0.5, 0.6) is 0 Å². The lowest BCUT2D eigenvalue weighted by molar-refractivity contribution is 0.137. The Morgan fingerprint density at radius 3 is 2.16 bits per heavy atom. The monoisotopic (exact) mass is 388 g/mol. The highest BCUT2D eigenvalue weighted by atomic mass is 32.2. The number of nitrogens with one attached hydrogen (secondary N) is 2. The Bertz CT molecular complexity index is 491. The van der Waals surface area contributed by atoms with Gasteiger partial charge in [-0.1, -0.05) is 20.8 Å². The third-order valence-electron chi connectivity index (χ3n) is 6.54. The molecule has 2 N–H and O–H groups in total. The smallest absolute Gasteiger partial charge is 0.192 e. The molecule has 0 aromatic carbocycles. The van der Waals surface area contributed by atoms with Crippen molar-refractivity contribution in [1.29, 1.82) is 0 Å². The summed E-state index contributed by atoms with van der Waals surface area (Å²) in [7, 11) is -2.80. The average molecular weight is 389 g/mol. The quantitative estimate of drug-likeness (QED) is 0.717. The Kier molecular flexibility index (Phi) is 6.33. The Hall–Kier alpha value is 0.247. The highest BCUT2D eigenvalue weighted by Crippen LogP contribution is 2.49. The van der Waals surface area contributed by atoms with Crippen molar-refractivity contribution in [3.8, 4) is 0 Å². The van der Waals surface area contributed by atoms with Crippen LogP contribution < -0.4 is 10.0 Å². The molecule has 1 saturated heterocycles. The van der Waals surface area contributed by atoms with E-state index < -0.39 is 19.3 Å². The van der Waals surface area contributed by atoms with Crippen molar-refractivity contribution in [2.45, 2.75) is 102 Å². The minimum absolute atomic E-state index is 0.230. The zero-order valence-electron chi connectivity index (χ0n) is 17.6. The zero-order chi connectivity index (χ0) is 19.1. The summed E-state index contributed by atoms with van der Waals surface area (Å²) in [6.45, 7) is 19.9. The zero-order valence-corrected chi connectivity index (χ0v) is 19.4. The van der Waals surface area contributed by atoms with Gasteiger partial charge in [-0.3, -0.25) is 0 Å². The molecule has 1 spiro atoms. The molecule has 1 heterocycles. The molecule has 148 valence electrons. The fourth-order valence-electron chi connectivity index (χ4n) is 3.83. The molecule has 0 amide bonds. The Balaban J connectivity index is 2.15. The first-order valence-corrected chi connectivity index (χ1v) is 13.9. The lowest BCUT2D eigenvalue weighted by atomic mass is 9.75. The minimum atomic E-state index is -1.78. The molecular weight excluding hydrogens is 348 g/mol. The van der Waals surface area contributed by atoms with Gasteiger partial charge in [-0.15, -0.1) is 0 Å². The topological polar surface area (TPSA) is 50.4 Å². The van der Waals surface area contributed by atoms with E-state index in [2.05, 4.69) is 43.9 Å². The van der Waals surface area contributed by atoms with E-state index >= 15 is 0 Å². The van der Waals surface area contributed by atoms with E-state index in [1.165, 1.54) is 0 Å². The SMILES string of the molecule is CC(C)(C)[S@@](=O)N[C@@H]1C[C@H](O[Si](C)(C)C(C)(C)C)CC12CCNCC2. The summed E-state index contributed by atoms with van der Waals surface area (Å²) in [4.78, 5) is 0. The Labute approximate surface area is 159 Å². The van der Waals surface area contributed by atoms with Crippen molar-refractivity contribution >= 4 is 19.3 Å². The van der Waals surface area contributed by atoms with Gasteiger partial charge in [0.05, 0.1) is 15.7 Å². The van der Waals surface area contributed by atoms with Crippen LogP contribution >= 0.6 is 0 Å². The highest BCUT2D eigenvalue weighted by molar-refractivity contribution is 7.84. The average Bonchev–Trinajstić information content (AvgIpc) is 2.73. The van der Waals surface area contributed by atoms with Gasteiger partial charge in [0.15, 0.2) is 8.32 Å². The van der Waals surface area contributed by atoms with Crippen LogP contribution in [0.2, 0.25) is 18.1 Å². The van der Waals surface area contributed by atoms with Crippen LogP contribution in [0.1, 0.15) is 67.2 Å². The summed E-state index contributed by atoms with van der Waals surface area (Å²) < 4.78 is 22.8. The molecular formula is C19H40N2O2SSi. The van der Waals surface area contributed by atoms with Crippen molar-refractivity contribution in [3.05, 3.63) is 0 Å². The summed E-state index contributed by atoms with van der Waals surface area (Å²) in [5, 5.41) is 3.72. The first-order valence-electron chi connectivity index (χ1n) is 9.83. The first-order chi connectivity index (χ1) is 11.3. The molecule has 0 unspecified atom stereocenters. The molecule has 1 aliphatic carbocycles. The summed E-state index contributed by atoms with van der Waals surface area (Å²) >= 11 is 0. The lowest BCUT2D eigenvalue weighted by Crippen LogP contribution is -2.50. The van der Waals surface area contributed by atoms with Crippen molar-refractivity contribution < 1.29 is 8.63 Å². The predicted octanol–water partition coefficient (Wildman–Crippen LogP) is 3.96. The van der Waals surface area contributed by atoms with Crippen molar-refractivity contribution in [1.82, 2.24) is 10.0 Å². The van der Waals surface area contributed by atoms with Crippen molar-refractivity contribution in [2.24, 2.45) is 5.41 Å². The van der Waals surface area contributed by atoms with Crippen LogP contribution in [0.4, 0.5) is 0 Å². The molecule has 0 aromatic rings. The summed E-state index contributed by atoms with van der Waals surface area (Å²) in [6, 6.07) is 0.296. The van der Waals surface area contributed by atoms with Gasteiger partial charge in [0.2, 0.25) is 0 Å². The summed E-state index contributed by atoms with van der Waals surface area (Å²) in [5.41, 5.74) is 0.235. The minimum Gasteiger partial charge on any atom is -0.414 e. The van der Waals surface area contributed by atoms with Crippen LogP contribution in [0, 0.1) is 5.41 Å². The van der Waals surface area contributed by atoms with Crippen LogP contribution in [0.15, 0.2) is 0 Å². The van der Waals surface area contributed by atoms with Gasteiger partial charge in [-0.05, 0) is 83.1 Å².